The van der Waals surface area contributed by atoms with Crippen LogP contribution in [0.2, 0.25) is 0 Å². The van der Waals surface area contributed by atoms with Crippen LogP contribution < -0.4 is 0 Å². The first-order valence-electron chi connectivity index (χ1n) is 20.2. The summed E-state index contributed by atoms with van der Waals surface area (Å²) in [6, 6.07) is 54.6. The highest BCUT2D eigenvalue weighted by molar-refractivity contribution is 6.22. The maximum Gasteiger partial charge on any atom is 0.165 e. The average molecular weight is 728 g/mol. The molecule has 1 spiro atoms. The van der Waals surface area contributed by atoms with E-state index in [1.165, 1.54) is 71.8 Å². The van der Waals surface area contributed by atoms with Crippen LogP contribution in [-0.2, 0) is 5.41 Å². The van der Waals surface area contributed by atoms with Gasteiger partial charge in [0.15, 0.2) is 17.5 Å². The zero-order valence-electron chi connectivity index (χ0n) is 31.4. The van der Waals surface area contributed by atoms with E-state index in [2.05, 4.69) is 164 Å². The lowest BCUT2D eigenvalue weighted by Crippen LogP contribution is -2.28. The minimum absolute atomic E-state index is 0.360. The van der Waals surface area contributed by atoms with Crippen LogP contribution in [0.3, 0.4) is 0 Å². The lowest BCUT2D eigenvalue weighted by molar-refractivity contribution is 0.768. The molecule has 0 bridgehead atoms. The molecule has 0 saturated carbocycles. The number of fused-ring (bicyclic) bond motifs is 11. The van der Waals surface area contributed by atoms with Crippen molar-refractivity contribution in [3.05, 3.63) is 209 Å². The molecular weight excluding hydrogens is 691 g/mol. The third kappa shape index (κ3) is 4.57. The van der Waals surface area contributed by atoms with E-state index in [4.69, 9.17) is 15.0 Å². The van der Waals surface area contributed by atoms with Crippen molar-refractivity contribution in [1.82, 2.24) is 15.0 Å². The van der Waals surface area contributed by atoms with Gasteiger partial charge in [-0.1, -0.05) is 176 Å². The minimum Gasteiger partial charge on any atom is -0.208 e. The monoisotopic (exact) mass is 727 g/mol. The zero-order valence-corrected chi connectivity index (χ0v) is 31.4. The molecule has 4 aliphatic carbocycles. The number of benzene rings is 7. The standard InChI is InChI=1S/C54H37N3/c1-3-18-34(19-4-1)51-55-52(35-20-5-2-6-21-35)57-53(56-51)50-41-27-10-8-23-37(41)36-22-7-9-26-40(36)49(50)43-29-17-33-47-48(43)42-28-13-16-32-46(42)54(47)44-30-14-11-24-38(44)39-25-12-15-31-45(39)54/h1-11,14-24,26-27,29-33H,12-13,25,28H2. The number of hydrogen-bond acceptors (Lipinski definition) is 3. The van der Waals surface area contributed by atoms with E-state index in [0.717, 1.165) is 47.8 Å². The van der Waals surface area contributed by atoms with Crippen molar-refractivity contribution in [2.45, 2.75) is 31.1 Å². The predicted molar refractivity (Wildman–Crippen MR) is 234 cm³/mol. The smallest absolute Gasteiger partial charge is 0.165 e. The Morgan fingerprint density at radius 3 is 1.53 bits per heavy atom. The number of allylic oxidation sites excluding steroid dienone is 8. The highest BCUT2D eigenvalue weighted by atomic mass is 15.0. The Morgan fingerprint density at radius 1 is 0.368 bits per heavy atom. The van der Waals surface area contributed by atoms with Gasteiger partial charge in [-0.05, 0) is 97.3 Å². The highest BCUT2D eigenvalue weighted by Crippen LogP contribution is 2.65. The molecule has 57 heavy (non-hydrogen) atoms. The maximum atomic E-state index is 5.41. The van der Waals surface area contributed by atoms with E-state index in [9.17, 15) is 0 Å². The molecule has 0 fully saturated rings. The molecule has 0 radical (unpaired) electrons. The molecule has 12 rings (SSSR count). The van der Waals surface area contributed by atoms with Crippen LogP contribution in [0.5, 0.6) is 0 Å². The van der Waals surface area contributed by atoms with Crippen LogP contribution in [0.1, 0.15) is 47.9 Å². The fraction of sp³-hybridized carbons (Fsp3) is 0.0926. The van der Waals surface area contributed by atoms with Crippen molar-refractivity contribution in [1.29, 1.82) is 0 Å². The summed E-state index contributed by atoms with van der Waals surface area (Å²) in [6.45, 7) is 0. The van der Waals surface area contributed by atoms with Gasteiger partial charge >= 0.3 is 0 Å². The molecule has 7 aromatic carbocycles. The largest absolute Gasteiger partial charge is 0.208 e. The Bertz CT molecular complexity index is 3050. The van der Waals surface area contributed by atoms with E-state index < -0.39 is 0 Å². The molecule has 1 atom stereocenters. The molecule has 8 aromatic rings. The minimum atomic E-state index is -0.360. The zero-order chi connectivity index (χ0) is 37.5. The first-order valence-corrected chi connectivity index (χ1v) is 20.2. The van der Waals surface area contributed by atoms with E-state index in [1.54, 1.807) is 0 Å². The lowest BCUT2D eigenvalue weighted by atomic mass is 9.67. The first-order chi connectivity index (χ1) is 28.3. The number of rotatable bonds is 4. The van der Waals surface area contributed by atoms with E-state index in [-0.39, 0.29) is 5.41 Å². The summed E-state index contributed by atoms with van der Waals surface area (Å²) in [7, 11) is 0. The molecule has 1 aromatic heterocycles. The number of nitrogens with zero attached hydrogens (tertiary/aromatic N) is 3. The van der Waals surface area contributed by atoms with Crippen LogP contribution in [0, 0.1) is 0 Å². The van der Waals surface area contributed by atoms with Gasteiger partial charge in [-0.25, -0.2) is 15.0 Å². The average Bonchev–Trinajstić information content (AvgIpc) is 3.77. The lowest BCUT2D eigenvalue weighted by Gasteiger charge is -2.34. The SMILES string of the molecule is C1=CC2=C(CC1)c1ccccc1C21C2=C(CCC=C2)c2c(-c3c(-c4nc(-c5ccccc5)nc(-c5ccccc5)n4)c4ccccc4c4ccccc34)cccc21. The maximum absolute atomic E-state index is 5.41. The Morgan fingerprint density at radius 2 is 0.860 bits per heavy atom. The molecule has 1 unspecified atom stereocenters. The molecule has 3 heteroatoms. The van der Waals surface area contributed by atoms with Gasteiger partial charge in [0.1, 0.15) is 0 Å². The van der Waals surface area contributed by atoms with Crippen LogP contribution in [0.15, 0.2) is 187 Å². The quantitative estimate of drug-likeness (QED) is 0.169. The second-order valence-electron chi connectivity index (χ2n) is 15.6. The first kappa shape index (κ1) is 32.3. The molecule has 0 aliphatic heterocycles. The third-order valence-corrected chi connectivity index (χ3v) is 12.7. The summed E-state index contributed by atoms with van der Waals surface area (Å²) in [5.41, 5.74) is 16.4. The van der Waals surface area contributed by atoms with Crippen molar-refractivity contribution < 1.29 is 0 Å². The topological polar surface area (TPSA) is 38.7 Å². The molecule has 1 heterocycles. The fourth-order valence-electron chi connectivity index (χ4n) is 10.5. The fourth-order valence-corrected chi connectivity index (χ4v) is 10.5. The Hall–Kier alpha value is -6.97. The molecule has 3 nitrogen and oxygen atoms in total. The van der Waals surface area contributed by atoms with Crippen molar-refractivity contribution >= 4 is 32.7 Å². The summed E-state index contributed by atoms with van der Waals surface area (Å²) < 4.78 is 0. The normalized spacial score (nSPS) is 17.7. The van der Waals surface area contributed by atoms with Gasteiger partial charge in [0.2, 0.25) is 0 Å². The van der Waals surface area contributed by atoms with Crippen molar-refractivity contribution in [3.63, 3.8) is 0 Å². The summed E-state index contributed by atoms with van der Waals surface area (Å²) in [6.07, 6.45) is 13.9. The molecule has 268 valence electrons. The predicted octanol–water partition coefficient (Wildman–Crippen LogP) is 13.4. The van der Waals surface area contributed by atoms with Gasteiger partial charge in [-0.2, -0.15) is 0 Å². The van der Waals surface area contributed by atoms with E-state index >= 15 is 0 Å². The Labute approximate surface area is 332 Å². The van der Waals surface area contributed by atoms with Crippen molar-refractivity contribution in [2.24, 2.45) is 0 Å². The molecule has 4 aliphatic rings. The van der Waals surface area contributed by atoms with E-state index in [0.29, 0.717) is 17.5 Å². The molecule has 0 N–H and O–H groups in total. The van der Waals surface area contributed by atoms with Crippen molar-refractivity contribution in [3.8, 4) is 45.3 Å². The van der Waals surface area contributed by atoms with Gasteiger partial charge in [-0.3, -0.25) is 0 Å². The van der Waals surface area contributed by atoms with Crippen LogP contribution in [-0.4, -0.2) is 15.0 Å². The van der Waals surface area contributed by atoms with Gasteiger partial charge in [0.25, 0.3) is 0 Å². The Kier molecular flexibility index (Phi) is 7.10. The highest BCUT2D eigenvalue weighted by Gasteiger charge is 2.53. The molecule has 0 saturated heterocycles. The second kappa shape index (κ2) is 12.5. The summed E-state index contributed by atoms with van der Waals surface area (Å²) >= 11 is 0. The van der Waals surface area contributed by atoms with Crippen LogP contribution in [0.4, 0.5) is 0 Å². The number of hydrogen-bond donors (Lipinski definition) is 0. The second-order valence-corrected chi connectivity index (χ2v) is 15.6. The van der Waals surface area contributed by atoms with Crippen LogP contribution in [0.25, 0.3) is 78.0 Å². The summed E-state index contributed by atoms with van der Waals surface area (Å²) in [4.78, 5) is 15.9. The molecule has 0 amide bonds. The van der Waals surface area contributed by atoms with Gasteiger partial charge in [0.05, 0.1) is 5.41 Å². The third-order valence-electron chi connectivity index (χ3n) is 12.7. The van der Waals surface area contributed by atoms with E-state index in [1.807, 2.05) is 12.1 Å². The van der Waals surface area contributed by atoms with Crippen LogP contribution >= 0.6 is 0 Å². The van der Waals surface area contributed by atoms with Gasteiger partial charge in [-0.15, -0.1) is 0 Å². The summed E-state index contributed by atoms with van der Waals surface area (Å²) in [5, 5.41) is 4.74. The number of aromatic nitrogens is 3. The van der Waals surface area contributed by atoms with Gasteiger partial charge < -0.3 is 0 Å². The Balaban J connectivity index is 1.23. The summed E-state index contributed by atoms with van der Waals surface area (Å²) in [5.74, 6) is 2.00. The molecular formula is C54H37N3. The van der Waals surface area contributed by atoms with Crippen molar-refractivity contribution in [2.75, 3.05) is 0 Å². The van der Waals surface area contributed by atoms with Gasteiger partial charge in [0, 0.05) is 22.3 Å².